The molecular weight excluding hydrogens is 329 g/mol. The number of nitrogens with zero attached hydrogens (tertiary/aromatic N) is 1. The average Bonchev–Trinajstić information content (AvgIpc) is 3.21. The molecule has 8 heteroatoms. The largest absolute Gasteiger partial charge is 0.343 e. The van der Waals surface area contributed by atoms with Crippen molar-refractivity contribution in [1.82, 2.24) is 10.2 Å². The lowest BCUT2D eigenvalue weighted by molar-refractivity contribution is -0.249. The van der Waals surface area contributed by atoms with Crippen molar-refractivity contribution >= 4 is 6.03 Å². The summed E-state index contributed by atoms with van der Waals surface area (Å²) in [6, 6.07) is -0.387. The van der Waals surface area contributed by atoms with Crippen LogP contribution < -0.4 is 11.1 Å². The summed E-state index contributed by atoms with van der Waals surface area (Å²) in [6.45, 7) is 3.03. The number of hydrogen-bond acceptors (Lipinski definition) is 5. The Balaban J connectivity index is 1.73. The lowest BCUT2D eigenvalue weighted by atomic mass is 9.86. The van der Waals surface area contributed by atoms with Crippen molar-refractivity contribution in [3.8, 4) is 0 Å². The van der Waals surface area contributed by atoms with Crippen molar-refractivity contribution in [2.45, 2.75) is 81.4 Å². The van der Waals surface area contributed by atoms with Crippen LogP contribution >= 0.6 is 0 Å². The van der Waals surface area contributed by atoms with Gasteiger partial charge in [0.25, 0.3) is 0 Å². The standard InChI is InChI=1S/C17H26FN3O4/c1-3-16(10-18)12-15(2,25-17(23-12)7-4-5-8-17)13(24-16)21-9-6-11(19)20-14(21)22/h6,9,11-13H,3-5,7-8,10,19H2,1-2H3,(H,20,22)/t11?,12-,13+,15+,16-/m0/s1. The summed E-state index contributed by atoms with van der Waals surface area (Å²) < 4.78 is 33.0. The molecule has 5 atom stereocenters. The Labute approximate surface area is 146 Å². The molecule has 2 amide bonds. The molecule has 1 spiro atoms. The smallest absolute Gasteiger partial charge is 0.325 e. The van der Waals surface area contributed by atoms with Gasteiger partial charge in [0, 0.05) is 19.0 Å². The van der Waals surface area contributed by atoms with Crippen molar-refractivity contribution in [2.24, 2.45) is 5.73 Å². The number of urea groups is 1. The number of nitrogens with one attached hydrogen (secondary N) is 1. The highest BCUT2D eigenvalue weighted by Crippen LogP contribution is 2.57. The molecule has 0 bridgehead atoms. The molecule has 0 aromatic rings. The quantitative estimate of drug-likeness (QED) is 0.805. The van der Waals surface area contributed by atoms with Crippen LogP contribution in [0.4, 0.5) is 9.18 Å². The fourth-order valence-electron chi connectivity index (χ4n) is 4.66. The molecular formula is C17H26FN3O4. The molecule has 1 aliphatic carbocycles. The summed E-state index contributed by atoms with van der Waals surface area (Å²) in [4.78, 5) is 13.8. The number of alkyl halides is 1. The molecule has 4 aliphatic rings. The summed E-state index contributed by atoms with van der Waals surface area (Å²) in [5.41, 5.74) is 3.65. The third kappa shape index (κ3) is 2.34. The van der Waals surface area contributed by atoms with E-state index in [1.807, 2.05) is 13.8 Å². The zero-order valence-electron chi connectivity index (χ0n) is 14.7. The van der Waals surface area contributed by atoms with Crippen LogP contribution in [-0.2, 0) is 14.2 Å². The van der Waals surface area contributed by atoms with Gasteiger partial charge in [0.2, 0.25) is 0 Å². The van der Waals surface area contributed by atoms with Crippen molar-refractivity contribution < 1.29 is 23.4 Å². The number of carbonyl (C=O) groups excluding carboxylic acids is 1. The van der Waals surface area contributed by atoms with Crippen LogP contribution in [0.5, 0.6) is 0 Å². The first-order valence-corrected chi connectivity index (χ1v) is 9.03. The molecule has 1 saturated carbocycles. The molecule has 140 valence electrons. The first-order valence-electron chi connectivity index (χ1n) is 9.03. The van der Waals surface area contributed by atoms with Gasteiger partial charge < -0.3 is 25.3 Å². The molecule has 25 heavy (non-hydrogen) atoms. The minimum Gasteiger partial charge on any atom is -0.343 e. The van der Waals surface area contributed by atoms with Crippen molar-refractivity contribution in [3.05, 3.63) is 12.3 Å². The van der Waals surface area contributed by atoms with Gasteiger partial charge in [-0.15, -0.1) is 0 Å². The number of rotatable bonds is 3. The number of carbonyl (C=O) groups is 1. The second-order valence-electron chi connectivity index (χ2n) is 7.65. The third-order valence-corrected chi connectivity index (χ3v) is 5.99. The predicted molar refractivity (Wildman–Crippen MR) is 86.9 cm³/mol. The Kier molecular flexibility index (Phi) is 3.88. The van der Waals surface area contributed by atoms with E-state index in [0.29, 0.717) is 6.42 Å². The van der Waals surface area contributed by atoms with Gasteiger partial charge in [-0.25, -0.2) is 9.18 Å². The van der Waals surface area contributed by atoms with Crippen molar-refractivity contribution in [3.63, 3.8) is 0 Å². The summed E-state index contributed by atoms with van der Waals surface area (Å²) in [7, 11) is 0. The van der Waals surface area contributed by atoms with Gasteiger partial charge in [-0.3, -0.25) is 4.90 Å². The van der Waals surface area contributed by atoms with Crippen LogP contribution in [0.15, 0.2) is 12.3 Å². The van der Waals surface area contributed by atoms with Crippen LogP contribution in [0.3, 0.4) is 0 Å². The molecule has 3 fully saturated rings. The Hall–Kier alpha value is -1.22. The summed E-state index contributed by atoms with van der Waals surface area (Å²) in [5.74, 6) is -0.691. The topological polar surface area (TPSA) is 86.1 Å². The van der Waals surface area contributed by atoms with E-state index in [4.69, 9.17) is 19.9 Å². The van der Waals surface area contributed by atoms with E-state index in [1.54, 1.807) is 12.3 Å². The monoisotopic (exact) mass is 355 g/mol. The predicted octanol–water partition coefficient (Wildman–Crippen LogP) is 1.73. The molecule has 0 radical (unpaired) electrons. The summed E-state index contributed by atoms with van der Waals surface area (Å²) in [5, 5.41) is 2.64. The number of ether oxygens (including phenoxy) is 3. The van der Waals surface area contributed by atoms with E-state index < -0.39 is 42.2 Å². The Morgan fingerprint density at radius 1 is 1.40 bits per heavy atom. The van der Waals surface area contributed by atoms with Crippen LogP contribution in [0.25, 0.3) is 0 Å². The number of halogens is 1. The lowest BCUT2D eigenvalue weighted by Gasteiger charge is -2.38. The normalized spacial score (nSPS) is 45.2. The molecule has 2 saturated heterocycles. The first-order chi connectivity index (χ1) is 11.9. The van der Waals surface area contributed by atoms with Crippen molar-refractivity contribution in [1.29, 1.82) is 0 Å². The van der Waals surface area contributed by atoms with Crippen LogP contribution in [0.2, 0.25) is 0 Å². The van der Waals surface area contributed by atoms with Crippen LogP contribution in [0, 0.1) is 0 Å². The number of nitrogens with two attached hydrogens (primary N) is 1. The fourth-order valence-corrected chi connectivity index (χ4v) is 4.66. The highest BCUT2D eigenvalue weighted by atomic mass is 19.1. The van der Waals surface area contributed by atoms with Crippen LogP contribution in [-0.4, -0.2) is 53.1 Å². The summed E-state index contributed by atoms with van der Waals surface area (Å²) in [6.07, 6.45) is 5.37. The molecule has 0 aromatic heterocycles. The van der Waals surface area contributed by atoms with Gasteiger partial charge in [-0.05, 0) is 32.3 Å². The van der Waals surface area contributed by atoms with Crippen LogP contribution in [0.1, 0.15) is 46.0 Å². The van der Waals surface area contributed by atoms with Gasteiger partial charge in [-0.2, -0.15) is 0 Å². The number of hydrogen-bond donors (Lipinski definition) is 2. The van der Waals surface area contributed by atoms with E-state index >= 15 is 0 Å². The molecule has 7 nitrogen and oxygen atoms in total. The van der Waals surface area contributed by atoms with E-state index in [9.17, 15) is 9.18 Å². The SMILES string of the molecule is CC[C@@]1(CF)O[C@@H](N2C=CC(N)NC2=O)[C@]2(C)OC3(CCCC3)O[C@H]12. The van der Waals surface area contributed by atoms with E-state index in [-0.39, 0.29) is 6.03 Å². The van der Waals surface area contributed by atoms with Gasteiger partial charge in [0.15, 0.2) is 12.0 Å². The molecule has 3 heterocycles. The van der Waals surface area contributed by atoms with Gasteiger partial charge >= 0.3 is 6.03 Å². The second kappa shape index (κ2) is 5.64. The number of amides is 2. The first kappa shape index (κ1) is 17.2. The van der Waals surface area contributed by atoms with Crippen molar-refractivity contribution in [2.75, 3.05) is 6.67 Å². The minimum absolute atomic E-state index is 0.387. The van der Waals surface area contributed by atoms with E-state index in [2.05, 4.69) is 5.32 Å². The van der Waals surface area contributed by atoms with Gasteiger partial charge in [0.1, 0.15) is 24.0 Å². The second-order valence-corrected chi connectivity index (χ2v) is 7.65. The lowest BCUT2D eigenvalue weighted by Crippen LogP contribution is -2.58. The maximum Gasteiger partial charge on any atom is 0.325 e. The van der Waals surface area contributed by atoms with E-state index in [0.717, 1.165) is 25.7 Å². The average molecular weight is 355 g/mol. The molecule has 0 aromatic carbocycles. The Morgan fingerprint density at radius 3 is 2.72 bits per heavy atom. The maximum atomic E-state index is 14.1. The maximum absolute atomic E-state index is 14.1. The molecule has 3 N–H and O–H groups in total. The minimum atomic E-state index is -1.13. The Morgan fingerprint density at radius 2 is 2.12 bits per heavy atom. The highest BCUT2D eigenvalue weighted by molar-refractivity contribution is 5.77. The van der Waals surface area contributed by atoms with E-state index in [1.165, 1.54) is 4.90 Å². The van der Waals surface area contributed by atoms with Gasteiger partial charge in [0.05, 0.1) is 6.17 Å². The molecule has 4 rings (SSSR count). The zero-order valence-corrected chi connectivity index (χ0v) is 14.7. The zero-order chi connectivity index (χ0) is 17.9. The third-order valence-electron chi connectivity index (χ3n) is 5.99. The molecule has 1 unspecified atom stereocenters. The number of fused-ring (bicyclic) bond motifs is 1. The van der Waals surface area contributed by atoms with Gasteiger partial charge in [-0.1, -0.05) is 6.92 Å². The fraction of sp³-hybridized carbons (Fsp3) is 0.824. The summed E-state index contributed by atoms with van der Waals surface area (Å²) >= 11 is 0. The molecule has 3 aliphatic heterocycles. The Bertz CT molecular complexity index is 590. The highest BCUT2D eigenvalue weighted by Gasteiger charge is 2.72.